The zero-order valence-electron chi connectivity index (χ0n) is 12.5. The second-order valence-electron chi connectivity index (χ2n) is 5.67. The van der Waals surface area contributed by atoms with Crippen molar-refractivity contribution in [1.82, 2.24) is 0 Å². The van der Waals surface area contributed by atoms with E-state index in [1.165, 1.54) is 12.1 Å². The maximum atomic E-state index is 13.4. The van der Waals surface area contributed by atoms with Crippen LogP contribution in [0.1, 0.15) is 27.7 Å². The summed E-state index contributed by atoms with van der Waals surface area (Å²) in [5, 5.41) is 2.48. The number of carbonyl (C=O) groups is 2. The summed E-state index contributed by atoms with van der Waals surface area (Å²) < 4.78 is 18.3. The summed E-state index contributed by atoms with van der Waals surface area (Å²) >= 11 is 5.58. The van der Waals surface area contributed by atoms with E-state index < -0.39 is 29.0 Å². The van der Waals surface area contributed by atoms with Gasteiger partial charge in [-0.3, -0.25) is 9.59 Å². The number of hydrogen-bond acceptors (Lipinski definition) is 3. The van der Waals surface area contributed by atoms with Crippen molar-refractivity contribution in [3.63, 3.8) is 0 Å². The molecule has 0 aliphatic carbocycles. The monoisotopic (exact) mass is 315 g/mol. The molecule has 116 valence electrons. The quantitative estimate of drug-likeness (QED) is 0.681. The summed E-state index contributed by atoms with van der Waals surface area (Å²) in [5.74, 6) is -2.77. The lowest BCUT2D eigenvalue weighted by molar-refractivity contribution is -0.155. The van der Waals surface area contributed by atoms with Crippen molar-refractivity contribution >= 4 is 29.2 Å². The molecule has 0 aliphatic rings. The third-order valence-corrected chi connectivity index (χ3v) is 3.14. The lowest BCUT2D eigenvalue weighted by Crippen LogP contribution is -2.40. The van der Waals surface area contributed by atoms with Gasteiger partial charge >= 0.3 is 5.97 Å². The molecule has 0 spiro atoms. The summed E-state index contributed by atoms with van der Waals surface area (Å²) in [7, 11) is 0. The molecule has 1 atom stereocenters. The molecule has 1 amide bonds. The summed E-state index contributed by atoms with van der Waals surface area (Å²) in [6.07, 6.45) is 0. The fraction of sp³-hybridized carbons (Fsp3) is 0.467. The van der Waals surface area contributed by atoms with Crippen LogP contribution in [0.15, 0.2) is 18.2 Å². The van der Waals surface area contributed by atoms with Crippen LogP contribution in [0.3, 0.4) is 0 Å². The standard InChI is InChI=1S/C15H19ClFNO3/c1-5-21-14(20)12(15(2,3)4)13(19)18-9-6-7-10(16)11(17)8-9/h6-8,12H,5H2,1-4H3,(H,18,19). The summed E-state index contributed by atoms with van der Waals surface area (Å²) in [4.78, 5) is 24.3. The molecule has 0 bridgehead atoms. The highest BCUT2D eigenvalue weighted by Gasteiger charge is 2.38. The van der Waals surface area contributed by atoms with Crippen LogP contribution >= 0.6 is 11.6 Å². The molecule has 0 radical (unpaired) electrons. The number of hydrogen-bond donors (Lipinski definition) is 1. The minimum atomic E-state index is -0.990. The van der Waals surface area contributed by atoms with Gasteiger partial charge < -0.3 is 10.1 Å². The minimum Gasteiger partial charge on any atom is -0.465 e. The van der Waals surface area contributed by atoms with Crippen molar-refractivity contribution in [3.05, 3.63) is 29.0 Å². The topological polar surface area (TPSA) is 55.4 Å². The molecule has 0 aromatic heterocycles. The van der Waals surface area contributed by atoms with E-state index in [0.717, 1.165) is 6.07 Å². The SMILES string of the molecule is CCOC(=O)C(C(=O)Nc1ccc(Cl)c(F)c1)C(C)(C)C. The Morgan fingerprint density at radius 1 is 1.38 bits per heavy atom. The van der Waals surface area contributed by atoms with Crippen molar-refractivity contribution < 1.29 is 18.7 Å². The number of carbonyl (C=O) groups excluding carboxylic acids is 2. The molecular formula is C15H19ClFNO3. The largest absolute Gasteiger partial charge is 0.465 e. The average molecular weight is 316 g/mol. The van der Waals surface area contributed by atoms with Gasteiger partial charge in [-0.05, 0) is 30.5 Å². The van der Waals surface area contributed by atoms with Crippen LogP contribution in [0.5, 0.6) is 0 Å². The lowest BCUT2D eigenvalue weighted by atomic mass is 9.80. The molecule has 0 aliphatic heterocycles. The van der Waals surface area contributed by atoms with E-state index in [9.17, 15) is 14.0 Å². The Kier molecular flexibility index (Phi) is 5.72. The first-order valence-electron chi connectivity index (χ1n) is 6.59. The smallest absolute Gasteiger partial charge is 0.319 e. The van der Waals surface area contributed by atoms with E-state index in [1.807, 2.05) is 0 Å². The van der Waals surface area contributed by atoms with Crippen LogP contribution < -0.4 is 5.32 Å². The summed E-state index contributed by atoms with van der Waals surface area (Å²) in [6.45, 7) is 7.14. The normalized spacial score (nSPS) is 12.7. The van der Waals surface area contributed by atoms with Gasteiger partial charge in [0.25, 0.3) is 0 Å². The molecule has 21 heavy (non-hydrogen) atoms. The maximum absolute atomic E-state index is 13.4. The van der Waals surface area contributed by atoms with Crippen molar-refractivity contribution in [1.29, 1.82) is 0 Å². The van der Waals surface area contributed by atoms with E-state index in [4.69, 9.17) is 16.3 Å². The van der Waals surface area contributed by atoms with Gasteiger partial charge in [-0.2, -0.15) is 0 Å². The van der Waals surface area contributed by atoms with Crippen LogP contribution in [0, 0.1) is 17.2 Å². The first-order valence-corrected chi connectivity index (χ1v) is 6.97. The molecule has 0 heterocycles. The first kappa shape index (κ1) is 17.4. The number of amides is 1. The fourth-order valence-electron chi connectivity index (χ4n) is 1.87. The van der Waals surface area contributed by atoms with Gasteiger partial charge in [0.15, 0.2) is 0 Å². The Morgan fingerprint density at radius 2 is 2.00 bits per heavy atom. The minimum absolute atomic E-state index is 0.0363. The Balaban J connectivity index is 2.96. The number of esters is 1. The number of ether oxygens (including phenoxy) is 1. The molecule has 0 saturated heterocycles. The second-order valence-corrected chi connectivity index (χ2v) is 6.08. The van der Waals surface area contributed by atoms with Gasteiger partial charge in [0.2, 0.25) is 5.91 Å². The molecule has 1 aromatic rings. The Bertz CT molecular complexity index is 540. The molecule has 1 unspecified atom stereocenters. The molecule has 6 heteroatoms. The Labute approximate surface area is 128 Å². The molecule has 0 fully saturated rings. The van der Waals surface area contributed by atoms with E-state index in [-0.39, 0.29) is 17.3 Å². The van der Waals surface area contributed by atoms with Crippen LogP contribution in [0.4, 0.5) is 10.1 Å². The van der Waals surface area contributed by atoms with Crippen molar-refractivity contribution in [2.45, 2.75) is 27.7 Å². The highest BCUT2D eigenvalue weighted by Crippen LogP contribution is 2.29. The van der Waals surface area contributed by atoms with Crippen LogP contribution in [-0.4, -0.2) is 18.5 Å². The zero-order valence-corrected chi connectivity index (χ0v) is 13.3. The average Bonchev–Trinajstić information content (AvgIpc) is 2.32. The van der Waals surface area contributed by atoms with Gasteiger partial charge in [0.05, 0.1) is 11.6 Å². The van der Waals surface area contributed by atoms with Gasteiger partial charge in [0.1, 0.15) is 11.7 Å². The Hall–Kier alpha value is -1.62. The van der Waals surface area contributed by atoms with Crippen molar-refractivity contribution in [3.8, 4) is 0 Å². The molecule has 4 nitrogen and oxygen atoms in total. The van der Waals surface area contributed by atoms with Gasteiger partial charge in [-0.25, -0.2) is 4.39 Å². The first-order chi connectivity index (χ1) is 9.66. The number of rotatable bonds is 4. The van der Waals surface area contributed by atoms with Crippen LogP contribution in [-0.2, 0) is 14.3 Å². The third-order valence-electron chi connectivity index (χ3n) is 2.84. The maximum Gasteiger partial charge on any atom is 0.319 e. The van der Waals surface area contributed by atoms with E-state index in [1.54, 1.807) is 27.7 Å². The highest BCUT2D eigenvalue weighted by atomic mass is 35.5. The molecule has 0 saturated carbocycles. The highest BCUT2D eigenvalue weighted by molar-refractivity contribution is 6.30. The number of anilines is 1. The molecule has 1 N–H and O–H groups in total. The molecule has 1 aromatic carbocycles. The summed E-state index contributed by atoms with van der Waals surface area (Å²) in [5.41, 5.74) is -0.387. The molecular weight excluding hydrogens is 297 g/mol. The van der Waals surface area contributed by atoms with Gasteiger partial charge in [-0.1, -0.05) is 32.4 Å². The van der Waals surface area contributed by atoms with Gasteiger partial charge in [0, 0.05) is 5.69 Å². The number of benzene rings is 1. The number of nitrogens with one attached hydrogen (secondary N) is 1. The third kappa shape index (κ3) is 4.70. The van der Waals surface area contributed by atoms with Crippen LogP contribution in [0.2, 0.25) is 5.02 Å². The van der Waals surface area contributed by atoms with E-state index >= 15 is 0 Å². The lowest BCUT2D eigenvalue weighted by Gasteiger charge is -2.27. The zero-order chi connectivity index (χ0) is 16.2. The predicted molar refractivity (Wildman–Crippen MR) is 79.6 cm³/mol. The van der Waals surface area contributed by atoms with E-state index in [2.05, 4.69) is 5.32 Å². The fourth-order valence-corrected chi connectivity index (χ4v) is 1.99. The van der Waals surface area contributed by atoms with Crippen LogP contribution in [0.25, 0.3) is 0 Å². The number of halogens is 2. The van der Waals surface area contributed by atoms with Crippen molar-refractivity contribution in [2.75, 3.05) is 11.9 Å². The predicted octanol–water partition coefficient (Wildman–Crippen LogP) is 3.64. The molecule has 1 rings (SSSR count). The second kappa shape index (κ2) is 6.89. The summed E-state index contributed by atoms with van der Waals surface area (Å²) in [6, 6.07) is 3.91. The van der Waals surface area contributed by atoms with Crippen molar-refractivity contribution in [2.24, 2.45) is 11.3 Å². The van der Waals surface area contributed by atoms with Gasteiger partial charge in [-0.15, -0.1) is 0 Å². The Morgan fingerprint density at radius 3 is 2.48 bits per heavy atom. The van der Waals surface area contributed by atoms with E-state index in [0.29, 0.717) is 0 Å².